The third kappa shape index (κ3) is 1.69. The summed E-state index contributed by atoms with van der Waals surface area (Å²) in [5.74, 6) is -0.946. The molecule has 0 atom stereocenters. The summed E-state index contributed by atoms with van der Waals surface area (Å²) in [6.07, 6.45) is -2.72. The highest BCUT2D eigenvalue weighted by molar-refractivity contribution is 6.29. The summed E-state index contributed by atoms with van der Waals surface area (Å²) in [5, 5.41) is -0.256. The zero-order chi connectivity index (χ0) is 9.30. The zero-order valence-corrected chi connectivity index (χ0v) is 6.87. The topological polar surface area (TPSA) is 12.9 Å². The number of rotatable bonds is 1. The second kappa shape index (κ2) is 3.31. The Kier molecular flexibility index (Phi) is 2.57. The number of hydrogen-bond acceptors (Lipinski definition) is 1. The molecular weight excluding hydrogens is 191 g/mol. The van der Waals surface area contributed by atoms with Gasteiger partial charge in [0, 0.05) is 11.1 Å². The maximum atomic E-state index is 12.7. The van der Waals surface area contributed by atoms with Crippen molar-refractivity contribution >= 4 is 11.6 Å². The first-order valence-corrected chi connectivity index (χ1v) is 3.51. The number of pyridine rings is 1. The predicted molar refractivity (Wildman–Crippen MR) is 38.9 cm³/mol. The van der Waals surface area contributed by atoms with E-state index >= 15 is 0 Å². The molecule has 66 valence electrons. The molecule has 0 unspecified atom stereocenters. The number of hydrogen-bond donors (Lipinski definition) is 0. The summed E-state index contributed by atoms with van der Waals surface area (Å²) in [7, 11) is 0. The lowest BCUT2D eigenvalue weighted by atomic mass is 10.2. The minimum atomic E-state index is -2.72. The molecule has 0 spiro atoms. The van der Waals surface area contributed by atoms with Gasteiger partial charge >= 0.3 is 0 Å². The van der Waals surface area contributed by atoms with Crippen molar-refractivity contribution in [2.45, 2.75) is 13.3 Å². The average molecular weight is 196 g/mol. The highest BCUT2D eigenvalue weighted by Gasteiger charge is 2.15. The lowest BCUT2D eigenvalue weighted by molar-refractivity contribution is 0.150. The Hall–Kier alpha value is -0.770. The Labute approximate surface area is 72.2 Å². The molecule has 0 saturated heterocycles. The molecule has 12 heavy (non-hydrogen) atoms. The smallest absolute Gasteiger partial charge is 0.208 e. The van der Waals surface area contributed by atoms with Crippen LogP contribution >= 0.6 is 11.6 Å². The van der Waals surface area contributed by atoms with E-state index in [4.69, 9.17) is 11.6 Å². The number of aromatic nitrogens is 1. The van der Waals surface area contributed by atoms with Crippen molar-refractivity contribution < 1.29 is 13.2 Å². The molecule has 0 amide bonds. The van der Waals surface area contributed by atoms with Crippen LogP contribution in [0.4, 0.5) is 13.2 Å². The fourth-order valence-corrected chi connectivity index (χ4v) is 0.984. The van der Waals surface area contributed by atoms with Gasteiger partial charge in [-0.05, 0) is 13.0 Å². The van der Waals surface area contributed by atoms with Crippen LogP contribution in [0.5, 0.6) is 0 Å². The second-order valence-electron chi connectivity index (χ2n) is 2.25. The fourth-order valence-electron chi connectivity index (χ4n) is 0.792. The Balaban J connectivity index is 3.28. The highest BCUT2D eigenvalue weighted by atomic mass is 35.5. The Morgan fingerprint density at radius 2 is 2.08 bits per heavy atom. The molecule has 0 aliphatic rings. The Morgan fingerprint density at radius 3 is 2.58 bits per heavy atom. The largest absolute Gasteiger partial charge is 0.264 e. The number of halogens is 4. The minimum absolute atomic E-state index is 0.158. The molecule has 0 aromatic carbocycles. The van der Waals surface area contributed by atoms with E-state index in [0.29, 0.717) is 0 Å². The molecular formula is C7H5ClF3N. The van der Waals surface area contributed by atoms with Crippen LogP contribution in [0.1, 0.15) is 17.6 Å². The van der Waals surface area contributed by atoms with E-state index in [1.807, 2.05) is 0 Å². The van der Waals surface area contributed by atoms with Gasteiger partial charge in [0.05, 0.1) is 0 Å². The standard InChI is InChI=1S/C7H5ClF3N/c1-3-4(6(9)10)2-5(8)12-7(3)11/h2,6H,1H3. The molecule has 1 nitrogen and oxygen atoms in total. The molecule has 0 bridgehead atoms. The van der Waals surface area contributed by atoms with Gasteiger partial charge in [-0.15, -0.1) is 0 Å². The van der Waals surface area contributed by atoms with E-state index in [-0.39, 0.29) is 10.7 Å². The van der Waals surface area contributed by atoms with Crippen molar-refractivity contribution in [3.05, 3.63) is 28.3 Å². The Bertz CT molecular complexity index is 301. The minimum Gasteiger partial charge on any atom is -0.208 e. The van der Waals surface area contributed by atoms with Crippen LogP contribution in [0.2, 0.25) is 5.15 Å². The lowest BCUT2D eigenvalue weighted by Gasteiger charge is -2.04. The van der Waals surface area contributed by atoms with Crippen LogP contribution in [0.3, 0.4) is 0 Å². The van der Waals surface area contributed by atoms with Gasteiger partial charge in [-0.1, -0.05) is 11.6 Å². The summed E-state index contributed by atoms with van der Waals surface area (Å²) >= 11 is 5.28. The average Bonchev–Trinajstić information content (AvgIpc) is 1.96. The second-order valence-corrected chi connectivity index (χ2v) is 2.64. The van der Waals surface area contributed by atoms with Gasteiger partial charge in [-0.3, -0.25) is 0 Å². The van der Waals surface area contributed by atoms with E-state index in [0.717, 1.165) is 6.07 Å². The first kappa shape index (κ1) is 9.32. The van der Waals surface area contributed by atoms with Crippen LogP contribution in [-0.2, 0) is 0 Å². The maximum absolute atomic E-state index is 12.7. The van der Waals surface area contributed by atoms with Crippen molar-refractivity contribution in [3.8, 4) is 0 Å². The highest BCUT2D eigenvalue weighted by Crippen LogP contribution is 2.25. The van der Waals surface area contributed by atoms with Crippen LogP contribution in [0.15, 0.2) is 6.07 Å². The van der Waals surface area contributed by atoms with E-state index in [1.54, 1.807) is 0 Å². The molecule has 0 radical (unpaired) electrons. The van der Waals surface area contributed by atoms with E-state index in [2.05, 4.69) is 4.98 Å². The lowest BCUT2D eigenvalue weighted by Crippen LogP contribution is -1.96. The van der Waals surface area contributed by atoms with Gasteiger partial charge in [0.1, 0.15) is 5.15 Å². The molecule has 0 fully saturated rings. The van der Waals surface area contributed by atoms with Gasteiger partial charge in [0.15, 0.2) is 0 Å². The molecule has 5 heteroatoms. The van der Waals surface area contributed by atoms with Crippen LogP contribution in [0, 0.1) is 12.9 Å². The zero-order valence-electron chi connectivity index (χ0n) is 6.11. The van der Waals surface area contributed by atoms with Crippen molar-refractivity contribution in [2.75, 3.05) is 0 Å². The SMILES string of the molecule is Cc1c(C(F)F)cc(Cl)nc1F. The van der Waals surface area contributed by atoms with Crippen molar-refractivity contribution in [1.82, 2.24) is 4.98 Å². The molecule has 1 rings (SSSR count). The van der Waals surface area contributed by atoms with Crippen molar-refractivity contribution in [1.29, 1.82) is 0 Å². The van der Waals surface area contributed by atoms with Crippen LogP contribution < -0.4 is 0 Å². The predicted octanol–water partition coefficient (Wildman–Crippen LogP) is 3.12. The fraction of sp³-hybridized carbons (Fsp3) is 0.286. The number of nitrogens with zero attached hydrogens (tertiary/aromatic N) is 1. The van der Waals surface area contributed by atoms with Gasteiger partial charge < -0.3 is 0 Å². The van der Waals surface area contributed by atoms with Crippen molar-refractivity contribution in [3.63, 3.8) is 0 Å². The van der Waals surface area contributed by atoms with Gasteiger partial charge in [0.2, 0.25) is 5.95 Å². The van der Waals surface area contributed by atoms with E-state index < -0.39 is 17.9 Å². The van der Waals surface area contributed by atoms with E-state index in [1.165, 1.54) is 6.92 Å². The quantitative estimate of drug-likeness (QED) is 0.628. The molecule has 0 aliphatic heterocycles. The van der Waals surface area contributed by atoms with Gasteiger partial charge in [-0.2, -0.15) is 4.39 Å². The summed E-state index contributed by atoms with van der Waals surface area (Å²) in [6.45, 7) is 1.24. The molecule has 1 heterocycles. The van der Waals surface area contributed by atoms with Crippen LogP contribution in [0.25, 0.3) is 0 Å². The summed E-state index contributed by atoms with van der Waals surface area (Å²) in [4.78, 5) is 3.18. The summed E-state index contributed by atoms with van der Waals surface area (Å²) < 4.78 is 36.9. The van der Waals surface area contributed by atoms with Gasteiger partial charge in [0.25, 0.3) is 6.43 Å². The third-order valence-corrected chi connectivity index (χ3v) is 1.65. The molecule has 1 aromatic rings. The molecule has 0 N–H and O–H groups in total. The Morgan fingerprint density at radius 1 is 1.50 bits per heavy atom. The summed E-state index contributed by atoms with van der Waals surface area (Å²) in [5.41, 5.74) is -0.568. The van der Waals surface area contributed by atoms with Crippen molar-refractivity contribution in [2.24, 2.45) is 0 Å². The first-order valence-electron chi connectivity index (χ1n) is 3.13. The van der Waals surface area contributed by atoms with Gasteiger partial charge in [-0.25, -0.2) is 13.8 Å². The molecule has 0 saturated carbocycles. The third-order valence-electron chi connectivity index (χ3n) is 1.46. The molecule has 1 aromatic heterocycles. The molecule has 0 aliphatic carbocycles. The van der Waals surface area contributed by atoms with Crippen LogP contribution in [-0.4, -0.2) is 4.98 Å². The monoisotopic (exact) mass is 195 g/mol. The summed E-state index contributed by atoms with van der Waals surface area (Å²) in [6, 6.07) is 0.963. The maximum Gasteiger partial charge on any atom is 0.264 e. The normalized spacial score (nSPS) is 10.8. The van der Waals surface area contributed by atoms with E-state index in [9.17, 15) is 13.2 Å². The first-order chi connectivity index (χ1) is 5.52. The number of alkyl halides is 2.